The second-order valence-electron chi connectivity index (χ2n) is 2.00. The van der Waals surface area contributed by atoms with E-state index in [-0.39, 0.29) is 5.75 Å². The van der Waals surface area contributed by atoms with Crippen LogP contribution in [0.15, 0.2) is 17.6 Å². The monoisotopic (exact) mass is 155 g/mol. The first-order chi connectivity index (χ1) is 4.79. The van der Waals surface area contributed by atoms with Crippen LogP contribution in [0.3, 0.4) is 0 Å². The zero-order chi connectivity index (χ0) is 7.14. The van der Waals surface area contributed by atoms with Crippen molar-refractivity contribution in [1.29, 1.82) is 0 Å². The fourth-order valence-corrected chi connectivity index (χ4v) is 1.71. The number of thiophene rings is 1. The van der Waals surface area contributed by atoms with E-state index in [1.54, 1.807) is 11.4 Å². The molecule has 0 aliphatic heterocycles. The second kappa shape index (κ2) is 1.67. The van der Waals surface area contributed by atoms with Crippen molar-refractivity contribution in [1.82, 2.24) is 4.73 Å². The van der Waals surface area contributed by atoms with Crippen molar-refractivity contribution >= 4 is 21.6 Å². The predicted molar refractivity (Wildman–Crippen MR) is 38.7 cm³/mol. The molecule has 2 rings (SSSR count). The average Bonchev–Trinajstić information content (AvgIpc) is 2.41. The molecule has 2 aromatic rings. The van der Waals surface area contributed by atoms with E-state index in [2.05, 4.69) is 0 Å². The van der Waals surface area contributed by atoms with Gasteiger partial charge >= 0.3 is 0 Å². The van der Waals surface area contributed by atoms with Crippen molar-refractivity contribution in [3.05, 3.63) is 17.6 Å². The van der Waals surface area contributed by atoms with Crippen LogP contribution >= 0.6 is 11.3 Å². The molecule has 0 saturated heterocycles. The average molecular weight is 155 g/mol. The first-order valence-corrected chi connectivity index (χ1v) is 3.64. The second-order valence-corrected chi connectivity index (χ2v) is 2.86. The van der Waals surface area contributed by atoms with E-state index in [0.717, 1.165) is 4.73 Å². The van der Waals surface area contributed by atoms with E-state index >= 15 is 0 Å². The molecule has 2 N–H and O–H groups in total. The van der Waals surface area contributed by atoms with E-state index in [1.165, 1.54) is 17.5 Å². The van der Waals surface area contributed by atoms with E-state index < -0.39 is 0 Å². The molecular formula is C6H5NO2S. The van der Waals surface area contributed by atoms with Gasteiger partial charge in [-0.25, -0.2) is 0 Å². The molecule has 0 atom stereocenters. The van der Waals surface area contributed by atoms with Gasteiger partial charge in [0.25, 0.3) is 0 Å². The lowest BCUT2D eigenvalue weighted by atomic mass is 10.4. The van der Waals surface area contributed by atoms with Crippen LogP contribution in [0.2, 0.25) is 0 Å². The Hall–Kier alpha value is -1.16. The van der Waals surface area contributed by atoms with Crippen LogP contribution in [0.1, 0.15) is 0 Å². The highest BCUT2D eigenvalue weighted by atomic mass is 32.1. The Morgan fingerprint density at radius 2 is 2.30 bits per heavy atom. The molecular weight excluding hydrogens is 150 g/mol. The van der Waals surface area contributed by atoms with Crippen LogP contribution < -0.4 is 0 Å². The third kappa shape index (κ3) is 0.537. The van der Waals surface area contributed by atoms with Crippen molar-refractivity contribution in [3.8, 4) is 5.75 Å². The summed E-state index contributed by atoms with van der Waals surface area (Å²) in [5, 5.41) is 20.4. The number of nitrogens with zero attached hydrogens (tertiary/aromatic N) is 1. The third-order valence-corrected chi connectivity index (χ3v) is 2.35. The Kier molecular flexibility index (Phi) is 0.935. The van der Waals surface area contributed by atoms with Gasteiger partial charge in [0.05, 0.1) is 5.39 Å². The molecule has 3 nitrogen and oxygen atoms in total. The minimum Gasteiger partial charge on any atom is -0.506 e. The molecule has 0 fully saturated rings. The molecule has 10 heavy (non-hydrogen) atoms. The minimum absolute atomic E-state index is 0.229. The van der Waals surface area contributed by atoms with Crippen molar-refractivity contribution in [2.24, 2.45) is 0 Å². The Bertz CT molecular complexity index is 327. The van der Waals surface area contributed by atoms with Gasteiger partial charge in [-0.15, -0.1) is 11.3 Å². The van der Waals surface area contributed by atoms with E-state index in [4.69, 9.17) is 10.3 Å². The van der Waals surface area contributed by atoms with E-state index in [0.29, 0.717) is 10.2 Å². The molecule has 0 aliphatic carbocycles. The van der Waals surface area contributed by atoms with Gasteiger partial charge in [-0.1, -0.05) is 0 Å². The maximum atomic E-state index is 9.11. The lowest BCUT2D eigenvalue weighted by Gasteiger charge is -1.84. The summed E-state index contributed by atoms with van der Waals surface area (Å²) in [6.45, 7) is 0. The Morgan fingerprint density at radius 3 is 3.00 bits per heavy atom. The standard InChI is InChI=1S/C6H5NO2S/c8-5-3-10-6-4(5)1-2-7(6)9/h1-3,8-9H. The summed E-state index contributed by atoms with van der Waals surface area (Å²) in [6, 6.07) is 1.67. The first-order valence-electron chi connectivity index (χ1n) is 2.76. The lowest BCUT2D eigenvalue weighted by Crippen LogP contribution is -1.80. The van der Waals surface area contributed by atoms with Gasteiger partial charge in [-0.05, 0) is 6.07 Å². The molecule has 0 bridgehead atoms. The van der Waals surface area contributed by atoms with Crippen LogP contribution in [0, 0.1) is 0 Å². The molecule has 0 amide bonds. The molecule has 0 spiro atoms. The predicted octanol–water partition coefficient (Wildman–Crippen LogP) is 1.65. The smallest absolute Gasteiger partial charge is 0.143 e. The topological polar surface area (TPSA) is 45.4 Å². The highest BCUT2D eigenvalue weighted by Crippen LogP contribution is 2.30. The van der Waals surface area contributed by atoms with Crippen molar-refractivity contribution < 1.29 is 10.3 Å². The van der Waals surface area contributed by atoms with Crippen LogP contribution in [0.25, 0.3) is 10.2 Å². The third-order valence-electron chi connectivity index (χ3n) is 1.38. The fourth-order valence-electron chi connectivity index (χ4n) is 0.895. The molecule has 0 aliphatic rings. The number of hydrogen-bond donors (Lipinski definition) is 2. The SMILES string of the molecule is Oc1csc2c1ccn2O. The van der Waals surface area contributed by atoms with Gasteiger partial charge in [-0.2, -0.15) is 4.73 Å². The van der Waals surface area contributed by atoms with Gasteiger partial charge in [0.2, 0.25) is 0 Å². The van der Waals surface area contributed by atoms with Gasteiger partial charge in [-0.3, -0.25) is 0 Å². The van der Waals surface area contributed by atoms with Crippen molar-refractivity contribution in [2.45, 2.75) is 0 Å². The van der Waals surface area contributed by atoms with Gasteiger partial charge < -0.3 is 10.3 Å². The van der Waals surface area contributed by atoms with Crippen LogP contribution in [0.4, 0.5) is 0 Å². The largest absolute Gasteiger partial charge is 0.506 e. The number of aromatic hydroxyl groups is 1. The molecule has 52 valence electrons. The first kappa shape index (κ1) is 5.61. The molecule has 0 aromatic carbocycles. The molecule has 4 heteroatoms. The summed E-state index contributed by atoms with van der Waals surface area (Å²) in [6.07, 6.45) is 1.50. The van der Waals surface area contributed by atoms with E-state index in [1.807, 2.05) is 0 Å². The summed E-state index contributed by atoms with van der Waals surface area (Å²) >= 11 is 1.31. The van der Waals surface area contributed by atoms with Crippen molar-refractivity contribution in [3.63, 3.8) is 0 Å². The quantitative estimate of drug-likeness (QED) is 0.568. The normalized spacial score (nSPS) is 10.8. The molecule has 2 heterocycles. The number of aromatic nitrogens is 1. The zero-order valence-corrected chi connectivity index (χ0v) is 5.80. The Balaban J connectivity index is 2.95. The van der Waals surface area contributed by atoms with Crippen LogP contribution in [-0.4, -0.2) is 15.0 Å². The highest BCUT2D eigenvalue weighted by Gasteiger charge is 2.05. The van der Waals surface area contributed by atoms with Gasteiger partial charge in [0.15, 0.2) is 0 Å². The molecule has 2 aromatic heterocycles. The number of fused-ring (bicyclic) bond motifs is 1. The summed E-state index contributed by atoms with van der Waals surface area (Å²) in [7, 11) is 0. The van der Waals surface area contributed by atoms with Gasteiger partial charge in [0.1, 0.15) is 10.6 Å². The van der Waals surface area contributed by atoms with Crippen LogP contribution in [-0.2, 0) is 0 Å². The Morgan fingerprint density at radius 1 is 1.50 bits per heavy atom. The number of rotatable bonds is 0. The summed E-state index contributed by atoms with van der Waals surface area (Å²) in [4.78, 5) is 0.678. The minimum atomic E-state index is 0.229. The van der Waals surface area contributed by atoms with E-state index in [9.17, 15) is 0 Å². The maximum Gasteiger partial charge on any atom is 0.143 e. The highest BCUT2D eigenvalue weighted by molar-refractivity contribution is 7.17. The summed E-state index contributed by atoms with van der Waals surface area (Å²) in [5.41, 5.74) is 0. The van der Waals surface area contributed by atoms with Gasteiger partial charge in [0, 0.05) is 11.6 Å². The van der Waals surface area contributed by atoms with Crippen LogP contribution in [0.5, 0.6) is 5.75 Å². The fraction of sp³-hybridized carbons (Fsp3) is 0. The molecule has 0 unspecified atom stereocenters. The Labute approximate surface area is 60.7 Å². The molecule has 0 radical (unpaired) electrons. The lowest BCUT2D eigenvalue weighted by molar-refractivity contribution is 0.201. The number of hydrogen-bond acceptors (Lipinski definition) is 3. The van der Waals surface area contributed by atoms with Crippen molar-refractivity contribution in [2.75, 3.05) is 0 Å². The zero-order valence-electron chi connectivity index (χ0n) is 4.98. The summed E-state index contributed by atoms with van der Waals surface area (Å²) in [5.74, 6) is 0.229. The molecule has 0 saturated carbocycles. The summed E-state index contributed by atoms with van der Waals surface area (Å²) < 4.78 is 1.000. The maximum absolute atomic E-state index is 9.11.